The number of hydrogen-bond acceptors (Lipinski definition) is 3. The van der Waals surface area contributed by atoms with Crippen molar-refractivity contribution in [1.29, 1.82) is 0 Å². The molecule has 0 aromatic carbocycles. The first-order valence-corrected chi connectivity index (χ1v) is 8.29. The number of nitrogens with two attached hydrogens (primary N) is 1. The fraction of sp³-hybridized carbons (Fsp3) is 1.00. The van der Waals surface area contributed by atoms with Crippen molar-refractivity contribution in [3.8, 4) is 0 Å². The van der Waals surface area contributed by atoms with E-state index in [4.69, 9.17) is 15.2 Å². The molecule has 3 aliphatic rings. The monoisotopic (exact) mass is 267 g/mol. The number of ether oxygens (including phenoxy) is 2. The summed E-state index contributed by atoms with van der Waals surface area (Å²) in [7, 11) is 0. The summed E-state index contributed by atoms with van der Waals surface area (Å²) in [5, 5.41) is 0. The molecule has 1 saturated carbocycles. The van der Waals surface area contributed by atoms with Crippen LogP contribution in [0.3, 0.4) is 0 Å². The van der Waals surface area contributed by atoms with Crippen LogP contribution >= 0.6 is 0 Å². The van der Waals surface area contributed by atoms with Crippen molar-refractivity contribution >= 4 is 0 Å². The molecule has 19 heavy (non-hydrogen) atoms. The van der Waals surface area contributed by atoms with Gasteiger partial charge in [0.05, 0.1) is 11.7 Å². The van der Waals surface area contributed by atoms with Crippen LogP contribution in [0.1, 0.15) is 64.2 Å². The Labute approximate surface area is 117 Å². The molecule has 0 amide bonds. The third-order valence-electron chi connectivity index (χ3n) is 5.46. The molecule has 0 radical (unpaired) electrons. The second-order valence-electron chi connectivity index (χ2n) is 6.88. The Morgan fingerprint density at radius 3 is 2.63 bits per heavy atom. The summed E-state index contributed by atoms with van der Waals surface area (Å²) in [5.41, 5.74) is 6.67. The van der Waals surface area contributed by atoms with Gasteiger partial charge in [-0.2, -0.15) is 0 Å². The van der Waals surface area contributed by atoms with Gasteiger partial charge in [0.25, 0.3) is 0 Å². The fourth-order valence-corrected chi connectivity index (χ4v) is 4.30. The van der Waals surface area contributed by atoms with Crippen LogP contribution in [-0.2, 0) is 9.47 Å². The van der Waals surface area contributed by atoms with Crippen LogP contribution in [0.4, 0.5) is 0 Å². The highest BCUT2D eigenvalue weighted by molar-refractivity contribution is 4.93. The van der Waals surface area contributed by atoms with Gasteiger partial charge in [-0.05, 0) is 50.9 Å². The molecule has 3 heteroatoms. The van der Waals surface area contributed by atoms with Crippen molar-refractivity contribution < 1.29 is 9.47 Å². The lowest BCUT2D eigenvalue weighted by atomic mass is 9.73. The van der Waals surface area contributed by atoms with E-state index in [1.165, 1.54) is 51.4 Å². The van der Waals surface area contributed by atoms with E-state index in [1.807, 2.05) is 0 Å². The average Bonchev–Trinajstić information content (AvgIpc) is 2.92. The lowest BCUT2D eigenvalue weighted by Gasteiger charge is -2.45. The average molecular weight is 267 g/mol. The van der Waals surface area contributed by atoms with E-state index in [1.54, 1.807) is 0 Å². The molecule has 2 N–H and O–H groups in total. The smallest absolute Gasteiger partial charge is 0.0685 e. The van der Waals surface area contributed by atoms with Gasteiger partial charge >= 0.3 is 0 Å². The summed E-state index contributed by atoms with van der Waals surface area (Å²) >= 11 is 0. The Morgan fingerprint density at radius 2 is 1.89 bits per heavy atom. The van der Waals surface area contributed by atoms with Crippen LogP contribution in [0.25, 0.3) is 0 Å². The minimum absolute atomic E-state index is 0.190. The highest BCUT2D eigenvalue weighted by Crippen LogP contribution is 2.41. The molecule has 3 unspecified atom stereocenters. The SMILES string of the molecule is NC(CC1CCCO1)C1CCOC2(CCCCC2)C1. The van der Waals surface area contributed by atoms with E-state index >= 15 is 0 Å². The summed E-state index contributed by atoms with van der Waals surface area (Å²) in [6.45, 7) is 1.86. The van der Waals surface area contributed by atoms with Gasteiger partial charge < -0.3 is 15.2 Å². The normalized spacial score (nSPS) is 36.5. The molecule has 3 fully saturated rings. The van der Waals surface area contributed by atoms with Gasteiger partial charge in [-0.3, -0.25) is 0 Å². The maximum absolute atomic E-state index is 6.48. The van der Waals surface area contributed by atoms with Crippen molar-refractivity contribution in [3.63, 3.8) is 0 Å². The van der Waals surface area contributed by atoms with Crippen molar-refractivity contribution in [3.05, 3.63) is 0 Å². The number of hydrogen-bond donors (Lipinski definition) is 1. The van der Waals surface area contributed by atoms with Gasteiger partial charge in [-0.1, -0.05) is 19.3 Å². The van der Waals surface area contributed by atoms with Gasteiger partial charge in [0, 0.05) is 19.3 Å². The summed E-state index contributed by atoms with van der Waals surface area (Å²) in [5.74, 6) is 0.649. The van der Waals surface area contributed by atoms with Crippen LogP contribution in [0.5, 0.6) is 0 Å². The van der Waals surface area contributed by atoms with Gasteiger partial charge in [-0.25, -0.2) is 0 Å². The third kappa shape index (κ3) is 3.32. The number of rotatable bonds is 3. The second-order valence-corrected chi connectivity index (χ2v) is 6.88. The molecule has 3 rings (SSSR count). The van der Waals surface area contributed by atoms with E-state index in [0.717, 1.165) is 26.1 Å². The van der Waals surface area contributed by atoms with Crippen molar-refractivity contribution in [2.24, 2.45) is 11.7 Å². The first kappa shape index (κ1) is 13.8. The molecule has 0 aromatic heterocycles. The summed E-state index contributed by atoms with van der Waals surface area (Å²) in [6.07, 6.45) is 12.8. The zero-order valence-electron chi connectivity index (χ0n) is 12.1. The highest BCUT2D eigenvalue weighted by atomic mass is 16.5. The van der Waals surface area contributed by atoms with E-state index in [2.05, 4.69) is 0 Å². The third-order valence-corrected chi connectivity index (χ3v) is 5.46. The van der Waals surface area contributed by atoms with E-state index in [0.29, 0.717) is 18.1 Å². The maximum atomic E-state index is 6.48. The first-order chi connectivity index (χ1) is 9.27. The van der Waals surface area contributed by atoms with E-state index < -0.39 is 0 Å². The van der Waals surface area contributed by atoms with Crippen molar-refractivity contribution in [1.82, 2.24) is 0 Å². The molecule has 1 spiro atoms. The predicted molar refractivity (Wildman–Crippen MR) is 76.1 cm³/mol. The van der Waals surface area contributed by atoms with Gasteiger partial charge in [0.1, 0.15) is 0 Å². The summed E-state index contributed by atoms with van der Waals surface area (Å²) in [4.78, 5) is 0. The van der Waals surface area contributed by atoms with Crippen LogP contribution in [-0.4, -0.2) is 31.0 Å². The molecule has 2 saturated heterocycles. The van der Waals surface area contributed by atoms with Crippen LogP contribution < -0.4 is 5.73 Å². The standard InChI is InChI=1S/C16H29NO2/c17-15(11-14-5-4-9-18-14)13-6-10-19-16(12-13)7-2-1-3-8-16/h13-15H,1-12,17H2. The van der Waals surface area contributed by atoms with Crippen molar-refractivity contribution in [2.75, 3.05) is 13.2 Å². The minimum atomic E-state index is 0.190. The zero-order valence-corrected chi connectivity index (χ0v) is 12.1. The largest absolute Gasteiger partial charge is 0.378 e. The van der Waals surface area contributed by atoms with Crippen molar-refractivity contribution in [2.45, 2.75) is 82.0 Å². The van der Waals surface area contributed by atoms with Gasteiger partial charge in [0.15, 0.2) is 0 Å². The van der Waals surface area contributed by atoms with Crippen LogP contribution in [0, 0.1) is 5.92 Å². The molecule has 0 aromatic rings. The van der Waals surface area contributed by atoms with Crippen LogP contribution in [0.15, 0.2) is 0 Å². The molecule has 2 heterocycles. The minimum Gasteiger partial charge on any atom is -0.378 e. The second kappa shape index (κ2) is 6.11. The highest BCUT2D eigenvalue weighted by Gasteiger charge is 2.40. The zero-order chi connectivity index (χ0) is 13.1. The molecular formula is C16H29NO2. The summed E-state index contributed by atoms with van der Waals surface area (Å²) < 4.78 is 11.9. The Balaban J connectivity index is 1.54. The molecule has 2 aliphatic heterocycles. The molecule has 3 nitrogen and oxygen atoms in total. The topological polar surface area (TPSA) is 44.5 Å². The Hall–Kier alpha value is -0.120. The lowest BCUT2D eigenvalue weighted by molar-refractivity contribution is -0.121. The first-order valence-electron chi connectivity index (χ1n) is 8.29. The van der Waals surface area contributed by atoms with E-state index in [9.17, 15) is 0 Å². The van der Waals surface area contributed by atoms with E-state index in [-0.39, 0.29) is 5.60 Å². The Morgan fingerprint density at radius 1 is 1.05 bits per heavy atom. The van der Waals surface area contributed by atoms with Gasteiger partial charge in [0.2, 0.25) is 0 Å². The molecule has 1 aliphatic carbocycles. The Kier molecular flexibility index (Phi) is 4.45. The fourth-order valence-electron chi connectivity index (χ4n) is 4.30. The summed E-state index contributed by atoms with van der Waals surface area (Å²) in [6, 6.07) is 0.311. The molecule has 3 atom stereocenters. The van der Waals surface area contributed by atoms with Crippen LogP contribution in [0.2, 0.25) is 0 Å². The molecule has 0 bridgehead atoms. The molecule has 110 valence electrons. The quantitative estimate of drug-likeness (QED) is 0.855. The molecular weight excluding hydrogens is 238 g/mol. The van der Waals surface area contributed by atoms with Gasteiger partial charge in [-0.15, -0.1) is 0 Å². The predicted octanol–water partition coefficient (Wildman–Crippen LogP) is 3.01. The Bertz CT molecular complexity index is 277. The maximum Gasteiger partial charge on any atom is 0.0685 e. The lowest BCUT2D eigenvalue weighted by Crippen LogP contribution is -2.47.